The standard InChI is InChI=1S/C12H14O/c1-9(2)10-7-8-13-12-6-4-3-5-11(10)12/h3-6,10H,1,7-8H2,2H3. The minimum absolute atomic E-state index is 0.491. The number of hydrogen-bond acceptors (Lipinski definition) is 1. The molecule has 1 aliphatic rings. The van der Waals surface area contributed by atoms with Gasteiger partial charge in [-0.25, -0.2) is 0 Å². The molecule has 0 bridgehead atoms. The van der Waals surface area contributed by atoms with Gasteiger partial charge in [0, 0.05) is 11.5 Å². The largest absolute Gasteiger partial charge is 0.493 e. The Morgan fingerprint density at radius 3 is 3.00 bits per heavy atom. The Morgan fingerprint density at radius 1 is 1.46 bits per heavy atom. The van der Waals surface area contributed by atoms with Gasteiger partial charge in [-0.3, -0.25) is 0 Å². The summed E-state index contributed by atoms with van der Waals surface area (Å²) >= 11 is 0. The van der Waals surface area contributed by atoms with Crippen molar-refractivity contribution in [1.82, 2.24) is 0 Å². The Bertz CT molecular complexity index is 328. The Kier molecular flexibility index (Phi) is 2.09. The maximum Gasteiger partial charge on any atom is 0.123 e. The van der Waals surface area contributed by atoms with Crippen LogP contribution < -0.4 is 4.74 Å². The normalized spacial score (nSPS) is 20.2. The lowest BCUT2D eigenvalue weighted by Gasteiger charge is -2.25. The van der Waals surface area contributed by atoms with Crippen molar-refractivity contribution < 1.29 is 4.74 Å². The van der Waals surface area contributed by atoms with Gasteiger partial charge in [0.25, 0.3) is 0 Å². The van der Waals surface area contributed by atoms with Crippen LogP contribution in [-0.4, -0.2) is 6.61 Å². The molecule has 0 saturated carbocycles. The number of ether oxygens (including phenoxy) is 1. The van der Waals surface area contributed by atoms with Crippen molar-refractivity contribution in [1.29, 1.82) is 0 Å². The van der Waals surface area contributed by atoms with Crippen LogP contribution in [0.4, 0.5) is 0 Å². The van der Waals surface area contributed by atoms with E-state index in [1.165, 1.54) is 11.1 Å². The van der Waals surface area contributed by atoms with Gasteiger partial charge in [-0.15, -0.1) is 0 Å². The Labute approximate surface area is 79.0 Å². The van der Waals surface area contributed by atoms with E-state index in [0.717, 1.165) is 18.8 Å². The highest BCUT2D eigenvalue weighted by molar-refractivity contribution is 5.41. The molecule has 0 amide bonds. The third kappa shape index (κ3) is 1.46. The molecular weight excluding hydrogens is 160 g/mol. The lowest BCUT2D eigenvalue weighted by molar-refractivity contribution is 0.276. The second-order valence-electron chi connectivity index (χ2n) is 3.57. The summed E-state index contributed by atoms with van der Waals surface area (Å²) in [6.07, 6.45) is 1.06. The lowest BCUT2D eigenvalue weighted by atomic mass is 9.88. The Balaban J connectivity index is 2.42. The summed E-state index contributed by atoms with van der Waals surface area (Å²) in [5.74, 6) is 1.52. The minimum Gasteiger partial charge on any atom is -0.493 e. The van der Waals surface area contributed by atoms with E-state index in [2.05, 4.69) is 25.6 Å². The smallest absolute Gasteiger partial charge is 0.123 e. The third-order valence-electron chi connectivity index (χ3n) is 2.55. The highest BCUT2D eigenvalue weighted by atomic mass is 16.5. The summed E-state index contributed by atoms with van der Waals surface area (Å²) in [5.41, 5.74) is 2.53. The predicted octanol–water partition coefficient (Wildman–Crippen LogP) is 3.13. The number of para-hydroxylation sites is 1. The molecule has 1 nitrogen and oxygen atoms in total. The van der Waals surface area contributed by atoms with Crippen LogP contribution in [0.2, 0.25) is 0 Å². The zero-order valence-corrected chi connectivity index (χ0v) is 7.92. The maximum absolute atomic E-state index is 5.56. The van der Waals surface area contributed by atoms with Gasteiger partial charge < -0.3 is 4.74 Å². The molecule has 1 atom stereocenters. The van der Waals surface area contributed by atoms with E-state index in [1.807, 2.05) is 12.1 Å². The number of rotatable bonds is 1. The van der Waals surface area contributed by atoms with Crippen LogP contribution in [0.5, 0.6) is 5.75 Å². The molecule has 0 aromatic heterocycles. The highest BCUT2D eigenvalue weighted by Gasteiger charge is 2.20. The van der Waals surface area contributed by atoms with Crippen LogP contribution >= 0.6 is 0 Å². The molecule has 0 fully saturated rings. The van der Waals surface area contributed by atoms with Gasteiger partial charge in [0.15, 0.2) is 0 Å². The second kappa shape index (κ2) is 3.25. The van der Waals surface area contributed by atoms with Crippen molar-refractivity contribution in [2.75, 3.05) is 6.61 Å². The number of hydrogen-bond donors (Lipinski definition) is 0. The van der Waals surface area contributed by atoms with Crippen LogP contribution in [0.25, 0.3) is 0 Å². The van der Waals surface area contributed by atoms with E-state index < -0.39 is 0 Å². The summed E-state index contributed by atoms with van der Waals surface area (Å²) in [6.45, 7) is 6.93. The first-order chi connectivity index (χ1) is 6.29. The number of benzene rings is 1. The first-order valence-corrected chi connectivity index (χ1v) is 4.66. The van der Waals surface area contributed by atoms with Crippen molar-refractivity contribution in [2.24, 2.45) is 0 Å². The molecule has 68 valence electrons. The summed E-state index contributed by atoms with van der Waals surface area (Å²) in [5, 5.41) is 0. The lowest BCUT2D eigenvalue weighted by Crippen LogP contribution is -2.14. The van der Waals surface area contributed by atoms with Crippen LogP contribution in [0.1, 0.15) is 24.8 Å². The molecule has 1 aromatic carbocycles. The summed E-state index contributed by atoms with van der Waals surface area (Å²) in [7, 11) is 0. The molecule has 1 aliphatic heterocycles. The van der Waals surface area contributed by atoms with Gasteiger partial charge in [0.2, 0.25) is 0 Å². The fourth-order valence-electron chi connectivity index (χ4n) is 1.85. The first-order valence-electron chi connectivity index (χ1n) is 4.66. The molecule has 0 N–H and O–H groups in total. The third-order valence-corrected chi connectivity index (χ3v) is 2.55. The molecular formula is C12H14O. The van der Waals surface area contributed by atoms with Crippen molar-refractivity contribution in [3.05, 3.63) is 42.0 Å². The van der Waals surface area contributed by atoms with Crippen LogP contribution in [-0.2, 0) is 0 Å². The number of fused-ring (bicyclic) bond motifs is 1. The quantitative estimate of drug-likeness (QED) is 0.594. The highest BCUT2D eigenvalue weighted by Crippen LogP contribution is 2.36. The molecule has 1 heteroatoms. The molecule has 0 radical (unpaired) electrons. The van der Waals surface area contributed by atoms with Gasteiger partial charge >= 0.3 is 0 Å². The van der Waals surface area contributed by atoms with Crippen LogP contribution in [0, 0.1) is 0 Å². The summed E-state index contributed by atoms with van der Waals surface area (Å²) < 4.78 is 5.56. The monoisotopic (exact) mass is 174 g/mol. The summed E-state index contributed by atoms with van der Waals surface area (Å²) in [6, 6.07) is 8.24. The topological polar surface area (TPSA) is 9.23 Å². The number of allylic oxidation sites excluding steroid dienone is 1. The molecule has 0 spiro atoms. The fourth-order valence-corrected chi connectivity index (χ4v) is 1.85. The SMILES string of the molecule is C=C(C)C1CCOc2ccccc21. The zero-order valence-electron chi connectivity index (χ0n) is 7.92. The average molecular weight is 174 g/mol. The van der Waals surface area contributed by atoms with Gasteiger partial charge in [0.1, 0.15) is 5.75 Å². The first kappa shape index (κ1) is 8.36. The van der Waals surface area contributed by atoms with E-state index in [9.17, 15) is 0 Å². The predicted molar refractivity (Wildman–Crippen MR) is 54.1 cm³/mol. The van der Waals surface area contributed by atoms with E-state index in [-0.39, 0.29) is 0 Å². The van der Waals surface area contributed by atoms with Crippen LogP contribution in [0.15, 0.2) is 36.4 Å². The van der Waals surface area contributed by atoms with Gasteiger partial charge in [-0.2, -0.15) is 0 Å². The van der Waals surface area contributed by atoms with Crippen molar-refractivity contribution in [2.45, 2.75) is 19.3 Å². The molecule has 1 unspecified atom stereocenters. The van der Waals surface area contributed by atoms with Crippen molar-refractivity contribution >= 4 is 0 Å². The zero-order chi connectivity index (χ0) is 9.26. The molecule has 1 aromatic rings. The molecule has 1 heterocycles. The fraction of sp³-hybridized carbons (Fsp3) is 0.333. The average Bonchev–Trinajstić information content (AvgIpc) is 2.17. The van der Waals surface area contributed by atoms with E-state index in [0.29, 0.717) is 5.92 Å². The molecule has 13 heavy (non-hydrogen) atoms. The molecule has 0 saturated heterocycles. The van der Waals surface area contributed by atoms with E-state index in [1.54, 1.807) is 0 Å². The van der Waals surface area contributed by atoms with Crippen molar-refractivity contribution in [3.63, 3.8) is 0 Å². The Hall–Kier alpha value is -1.24. The van der Waals surface area contributed by atoms with Gasteiger partial charge in [-0.1, -0.05) is 30.4 Å². The molecule has 2 rings (SSSR count). The van der Waals surface area contributed by atoms with Crippen molar-refractivity contribution in [3.8, 4) is 5.75 Å². The Morgan fingerprint density at radius 2 is 2.23 bits per heavy atom. The summed E-state index contributed by atoms with van der Waals surface area (Å²) in [4.78, 5) is 0. The maximum atomic E-state index is 5.56. The van der Waals surface area contributed by atoms with E-state index in [4.69, 9.17) is 4.74 Å². The van der Waals surface area contributed by atoms with E-state index >= 15 is 0 Å². The van der Waals surface area contributed by atoms with Crippen LogP contribution in [0.3, 0.4) is 0 Å². The van der Waals surface area contributed by atoms with Gasteiger partial charge in [-0.05, 0) is 19.4 Å². The second-order valence-corrected chi connectivity index (χ2v) is 3.57. The van der Waals surface area contributed by atoms with Gasteiger partial charge in [0.05, 0.1) is 6.61 Å². The minimum atomic E-state index is 0.491. The molecule has 0 aliphatic carbocycles.